The Hall–Kier alpha value is -2.39. The number of halogens is 2. The fourth-order valence-electron chi connectivity index (χ4n) is 3.65. The second-order valence-corrected chi connectivity index (χ2v) is 11.8. The summed E-state index contributed by atoms with van der Waals surface area (Å²) in [5.41, 5.74) is 2.08. The van der Waals surface area contributed by atoms with Gasteiger partial charge in [-0.15, -0.1) is 0 Å². The fraction of sp³-hybridized carbons (Fsp3) is 0.240. The van der Waals surface area contributed by atoms with Gasteiger partial charge in [-0.3, -0.25) is 9.10 Å². The molecule has 0 bridgehead atoms. The molecule has 0 spiro atoms. The van der Waals surface area contributed by atoms with Crippen molar-refractivity contribution in [3.05, 3.63) is 94.0 Å². The highest BCUT2D eigenvalue weighted by molar-refractivity contribution is 7.98. The summed E-state index contributed by atoms with van der Waals surface area (Å²) in [5.74, 6) is 1.18. The van der Waals surface area contributed by atoms with E-state index in [0.29, 0.717) is 45.1 Å². The number of nitrogens with one attached hydrogen (secondary N) is 1. The Morgan fingerprint density at radius 3 is 2.57 bits per heavy atom. The van der Waals surface area contributed by atoms with Gasteiger partial charge in [0.1, 0.15) is 5.75 Å². The zero-order valence-corrected chi connectivity index (χ0v) is 21.8. The molecule has 0 saturated heterocycles. The summed E-state index contributed by atoms with van der Waals surface area (Å²) in [5, 5.41) is 4.05. The number of para-hydroxylation sites is 2. The molecule has 1 unspecified atom stereocenters. The molecule has 0 radical (unpaired) electrons. The fourth-order valence-corrected chi connectivity index (χ4v) is 6.65. The molecule has 1 aliphatic heterocycles. The zero-order valence-electron chi connectivity index (χ0n) is 18.7. The van der Waals surface area contributed by atoms with Gasteiger partial charge in [-0.25, -0.2) is 8.42 Å². The number of carbonyl (C=O) groups is 1. The molecule has 1 aliphatic rings. The number of nitrogens with zero attached hydrogens (tertiary/aromatic N) is 1. The highest BCUT2D eigenvalue weighted by atomic mass is 35.5. The van der Waals surface area contributed by atoms with Crippen LogP contribution in [0, 0.1) is 0 Å². The number of rotatable bonds is 9. The lowest BCUT2D eigenvalue weighted by molar-refractivity contribution is -0.127. The van der Waals surface area contributed by atoms with Gasteiger partial charge in [-0.2, -0.15) is 11.8 Å². The summed E-state index contributed by atoms with van der Waals surface area (Å²) in [6, 6.07) is 21.2. The lowest BCUT2D eigenvalue weighted by Gasteiger charge is -2.34. The van der Waals surface area contributed by atoms with Crippen LogP contribution in [-0.2, 0) is 26.3 Å². The van der Waals surface area contributed by atoms with Crippen molar-refractivity contribution < 1.29 is 17.9 Å². The molecule has 3 aromatic rings. The number of hydrogen-bond donors (Lipinski definition) is 1. The van der Waals surface area contributed by atoms with E-state index < -0.39 is 16.1 Å². The first-order valence-corrected chi connectivity index (χ1v) is 14.4. The van der Waals surface area contributed by atoms with Crippen LogP contribution in [0.5, 0.6) is 5.75 Å². The van der Waals surface area contributed by atoms with Crippen molar-refractivity contribution in [2.75, 3.05) is 23.1 Å². The van der Waals surface area contributed by atoms with Gasteiger partial charge in [0.2, 0.25) is 10.0 Å². The lowest BCUT2D eigenvalue weighted by atomic mass is 10.2. The standard InChI is InChI=1S/C25H24Cl2N2O4S2/c26-20-11-10-19(21(27)14-20)16-34-13-12-28-25(30)24-15-29(22-8-4-5-9-23(22)33-24)35(31,32)17-18-6-2-1-3-7-18/h1-11,14,24H,12-13,15-17H2,(H,28,30). The molecule has 0 aromatic heterocycles. The van der Waals surface area contributed by atoms with Crippen LogP contribution in [0.25, 0.3) is 0 Å². The number of sulfonamides is 1. The van der Waals surface area contributed by atoms with Crippen LogP contribution < -0.4 is 14.4 Å². The molecule has 35 heavy (non-hydrogen) atoms. The first kappa shape index (κ1) is 25.7. The Kier molecular flexibility index (Phi) is 8.49. The summed E-state index contributed by atoms with van der Waals surface area (Å²) in [6.07, 6.45) is -0.953. The van der Waals surface area contributed by atoms with E-state index in [4.69, 9.17) is 27.9 Å². The molecule has 0 saturated carbocycles. The third-order valence-electron chi connectivity index (χ3n) is 5.37. The molecule has 0 aliphatic carbocycles. The van der Waals surface area contributed by atoms with Gasteiger partial charge in [-0.05, 0) is 35.4 Å². The summed E-state index contributed by atoms with van der Waals surface area (Å²) in [7, 11) is -3.74. The van der Waals surface area contributed by atoms with Crippen LogP contribution in [0.2, 0.25) is 10.0 Å². The molecule has 1 amide bonds. The monoisotopic (exact) mass is 550 g/mol. The van der Waals surface area contributed by atoms with Gasteiger partial charge in [0.25, 0.3) is 5.91 Å². The second kappa shape index (κ2) is 11.6. The molecule has 1 atom stereocenters. The number of amides is 1. The molecule has 1 heterocycles. The zero-order chi connectivity index (χ0) is 24.8. The molecule has 10 heteroatoms. The van der Waals surface area contributed by atoms with Gasteiger partial charge in [-0.1, -0.05) is 71.7 Å². The van der Waals surface area contributed by atoms with Crippen LogP contribution in [0.1, 0.15) is 11.1 Å². The molecular formula is C25H24Cl2N2O4S2. The molecule has 4 rings (SSSR count). The minimum absolute atomic E-state index is 0.0917. The van der Waals surface area contributed by atoms with Crippen molar-refractivity contribution in [1.29, 1.82) is 0 Å². The van der Waals surface area contributed by atoms with Gasteiger partial charge in [0, 0.05) is 28.1 Å². The molecule has 0 fully saturated rings. The maximum Gasteiger partial charge on any atom is 0.263 e. The van der Waals surface area contributed by atoms with E-state index in [-0.39, 0.29) is 18.2 Å². The number of thioether (sulfide) groups is 1. The molecule has 6 nitrogen and oxygen atoms in total. The number of hydrogen-bond acceptors (Lipinski definition) is 5. The number of ether oxygens (including phenoxy) is 1. The summed E-state index contributed by atoms with van der Waals surface area (Å²) in [4.78, 5) is 12.9. The molecule has 184 valence electrons. The number of benzene rings is 3. The number of anilines is 1. The Bertz CT molecular complexity index is 1290. The topological polar surface area (TPSA) is 75.7 Å². The summed E-state index contributed by atoms with van der Waals surface area (Å²) in [6.45, 7) is 0.318. The van der Waals surface area contributed by atoms with E-state index in [2.05, 4.69) is 5.32 Å². The predicted molar refractivity (Wildman–Crippen MR) is 143 cm³/mol. The van der Waals surface area contributed by atoms with E-state index in [1.54, 1.807) is 72.4 Å². The van der Waals surface area contributed by atoms with E-state index >= 15 is 0 Å². The van der Waals surface area contributed by atoms with E-state index in [1.807, 2.05) is 12.1 Å². The number of fused-ring (bicyclic) bond motifs is 1. The SMILES string of the molecule is O=C(NCCSCc1ccc(Cl)cc1Cl)C1CN(S(=O)(=O)Cc2ccccc2)c2ccccc2O1. The minimum atomic E-state index is -3.74. The van der Waals surface area contributed by atoms with Crippen LogP contribution in [0.15, 0.2) is 72.8 Å². The lowest BCUT2D eigenvalue weighted by Crippen LogP contribution is -2.51. The molecule has 1 N–H and O–H groups in total. The minimum Gasteiger partial charge on any atom is -0.476 e. The summed E-state index contributed by atoms with van der Waals surface area (Å²) >= 11 is 13.7. The Morgan fingerprint density at radius 2 is 1.80 bits per heavy atom. The van der Waals surface area contributed by atoms with Crippen molar-refractivity contribution in [2.45, 2.75) is 17.6 Å². The predicted octanol–water partition coefficient (Wildman–Crippen LogP) is 5.14. The first-order chi connectivity index (χ1) is 16.8. The first-order valence-electron chi connectivity index (χ1n) is 10.9. The van der Waals surface area contributed by atoms with Crippen molar-refractivity contribution in [2.24, 2.45) is 0 Å². The normalized spacial score (nSPS) is 15.3. The Labute approximate surface area is 219 Å². The van der Waals surface area contributed by atoms with Crippen LogP contribution in [-0.4, -0.2) is 39.3 Å². The maximum absolute atomic E-state index is 13.3. The maximum atomic E-state index is 13.3. The van der Waals surface area contributed by atoms with Gasteiger partial charge >= 0.3 is 0 Å². The van der Waals surface area contributed by atoms with E-state index in [9.17, 15) is 13.2 Å². The van der Waals surface area contributed by atoms with E-state index in [0.717, 1.165) is 5.56 Å². The van der Waals surface area contributed by atoms with Gasteiger partial charge < -0.3 is 10.1 Å². The van der Waals surface area contributed by atoms with Gasteiger partial charge in [0.05, 0.1) is 18.0 Å². The van der Waals surface area contributed by atoms with Crippen molar-refractivity contribution in [3.8, 4) is 5.75 Å². The third-order valence-corrected chi connectivity index (χ3v) is 8.68. The Balaban J connectivity index is 1.37. The third kappa shape index (κ3) is 6.64. The van der Waals surface area contributed by atoms with Crippen molar-refractivity contribution >= 4 is 56.6 Å². The highest BCUT2D eigenvalue weighted by Crippen LogP contribution is 2.35. The Morgan fingerprint density at radius 1 is 1.06 bits per heavy atom. The van der Waals surface area contributed by atoms with Crippen LogP contribution in [0.4, 0.5) is 5.69 Å². The van der Waals surface area contributed by atoms with Crippen LogP contribution >= 0.6 is 35.0 Å². The average molecular weight is 552 g/mol. The van der Waals surface area contributed by atoms with Crippen molar-refractivity contribution in [1.82, 2.24) is 5.32 Å². The molecular weight excluding hydrogens is 527 g/mol. The smallest absolute Gasteiger partial charge is 0.263 e. The highest BCUT2D eigenvalue weighted by Gasteiger charge is 2.36. The largest absolute Gasteiger partial charge is 0.476 e. The summed E-state index contributed by atoms with van der Waals surface area (Å²) < 4.78 is 33.7. The average Bonchev–Trinajstić information content (AvgIpc) is 2.84. The van der Waals surface area contributed by atoms with Gasteiger partial charge in [0.15, 0.2) is 6.10 Å². The van der Waals surface area contributed by atoms with E-state index in [1.165, 1.54) is 4.31 Å². The number of carbonyl (C=O) groups excluding carboxylic acids is 1. The second-order valence-electron chi connectivity index (χ2n) is 7.93. The quantitative estimate of drug-likeness (QED) is 0.373. The molecule has 3 aromatic carbocycles. The van der Waals surface area contributed by atoms with Crippen LogP contribution in [0.3, 0.4) is 0 Å². The van der Waals surface area contributed by atoms with Crippen molar-refractivity contribution in [3.63, 3.8) is 0 Å².